The molecule has 0 spiro atoms. The van der Waals surface area contributed by atoms with Gasteiger partial charge in [0.15, 0.2) is 6.10 Å². The zero-order valence-electron chi connectivity index (χ0n) is 18.3. The van der Waals surface area contributed by atoms with Crippen molar-refractivity contribution in [3.63, 3.8) is 0 Å². The molecular weight excluding hydrogens is 470 g/mol. The molecule has 33 heavy (non-hydrogen) atoms. The number of rotatable bonds is 7. The number of ether oxygens (including phenoxy) is 1. The molecule has 2 aromatic carbocycles. The van der Waals surface area contributed by atoms with E-state index in [9.17, 15) is 22.8 Å². The number of nitrogens with zero attached hydrogens (tertiary/aromatic N) is 1. The van der Waals surface area contributed by atoms with Gasteiger partial charge < -0.3 is 10.1 Å². The largest absolute Gasteiger partial charge is 0.452 e. The number of sulfonamides is 1. The average molecular weight is 494 g/mol. The van der Waals surface area contributed by atoms with Crippen LogP contribution in [-0.2, 0) is 29.1 Å². The minimum absolute atomic E-state index is 0.0313. The SMILES string of the molecule is C[C@@H](OC(=O)CCNS(=O)(=O)c1cccc(Cl)c1)C(=O)N1c2ccccc2NC(=O)C1(C)C. The fraction of sp³-hybridized carbons (Fsp3) is 0.318. The average Bonchev–Trinajstić information content (AvgIpc) is 2.74. The monoisotopic (exact) mass is 493 g/mol. The van der Waals surface area contributed by atoms with Crippen molar-refractivity contribution in [3.05, 3.63) is 53.6 Å². The molecule has 1 aliphatic rings. The minimum Gasteiger partial charge on any atom is -0.452 e. The van der Waals surface area contributed by atoms with Crippen molar-refractivity contribution in [3.8, 4) is 0 Å². The highest BCUT2D eigenvalue weighted by Crippen LogP contribution is 2.37. The smallest absolute Gasteiger partial charge is 0.307 e. The van der Waals surface area contributed by atoms with E-state index in [1.54, 1.807) is 44.2 Å². The number of amides is 2. The van der Waals surface area contributed by atoms with E-state index >= 15 is 0 Å². The van der Waals surface area contributed by atoms with Crippen molar-refractivity contribution in [2.24, 2.45) is 0 Å². The van der Waals surface area contributed by atoms with E-state index in [2.05, 4.69) is 10.0 Å². The molecule has 2 amide bonds. The number of benzene rings is 2. The predicted octanol–water partition coefficient (Wildman–Crippen LogP) is 2.70. The van der Waals surface area contributed by atoms with Crippen LogP contribution < -0.4 is 14.9 Å². The van der Waals surface area contributed by atoms with E-state index in [4.69, 9.17) is 16.3 Å². The molecule has 1 aliphatic heterocycles. The molecule has 11 heteroatoms. The van der Waals surface area contributed by atoms with Crippen LogP contribution in [0.5, 0.6) is 0 Å². The number of carbonyl (C=O) groups excluding carboxylic acids is 3. The lowest BCUT2D eigenvalue weighted by Crippen LogP contribution is -2.60. The number of para-hydroxylation sites is 2. The van der Waals surface area contributed by atoms with Crippen LogP contribution in [0, 0.1) is 0 Å². The normalized spacial score (nSPS) is 15.9. The van der Waals surface area contributed by atoms with Crippen LogP contribution in [0.25, 0.3) is 0 Å². The molecule has 3 rings (SSSR count). The van der Waals surface area contributed by atoms with E-state index in [-0.39, 0.29) is 28.8 Å². The van der Waals surface area contributed by atoms with Crippen LogP contribution in [0.3, 0.4) is 0 Å². The number of carbonyl (C=O) groups is 3. The number of anilines is 2. The van der Waals surface area contributed by atoms with Gasteiger partial charge in [-0.05, 0) is 51.1 Å². The Kier molecular flexibility index (Phi) is 7.11. The Morgan fingerprint density at radius 2 is 1.88 bits per heavy atom. The quantitative estimate of drug-likeness (QED) is 0.572. The Hall–Kier alpha value is -2.95. The second kappa shape index (κ2) is 9.50. The highest BCUT2D eigenvalue weighted by Gasteiger charge is 2.45. The first-order valence-corrected chi connectivity index (χ1v) is 12.0. The molecule has 0 aromatic heterocycles. The van der Waals surface area contributed by atoms with Gasteiger partial charge in [-0.1, -0.05) is 29.8 Å². The molecular formula is C22H24ClN3O6S. The van der Waals surface area contributed by atoms with Gasteiger partial charge in [-0.25, -0.2) is 13.1 Å². The van der Waals surface area contributed by atoms with Gasteiger partial charge in [0.25, 0.3) is 5.91 Å². The van der Waals surface area contributed by atoms with E-state index < -0.39 is 33.5 Å². The summed E-state index contributed by atoms with van der Waals surface area (Å²) >= 11 is 5.82. The zero-order chi connectivity index (χ0) is 24.4. The van der Waals surface area contributed by atoms with E-state index in [0.29, 0.717) is 11.4 Å². The van der Waals surface area contributed by atoms with Gasteiger partial charge in [0.1, 0.15) is 5.54 Å². The van der Waals surface area contributed by atoms with Crippen LogP contribution in [0.4, 0.5) is 11.4 Å². The maximum Gasteiger partial charge on any atom is 0.307 e. The molecule has 0 radical (unpaired) electrons. The second-order valence-corrected chi connectivity index (χ2v) is 10.1. The molecule has 0 aliphatic carbocycles. The number of nitrogens with one attached hydrogen (secondary N) is 2. The Morgan fingerprint density at radius 3 is 2.58 bits per heavy atom. The molecule has 0 unspecified atom stereocenters. The molecule has 0 bridgehead atoms. The zero-order valence-corrected chi connectivity index (χ0v) is 19.9. The summed E-state index contributed by atoms with van der Waals surface area (Å²) in [5.74, 6) is -1.71. The van der Waals surface area contributed by atoms with Crippen LogP contribution in [0.1, 0.15) is 27.2 Å². The van der Waals surface area contributed by atoms with Gasteiger partial charge in [0.05, 0.1) is 22.7 Å². The van der Waals surface area contributed by atoms with Crippen molar-refractivity contribution >= 4 is 50.8 Å². The van der Waals surface area contributed by atoms with Gasteiger partial charge in [0, 0.05) is 11.6 Å². The Bertz CT molecular complexity index is 1200. The highest BCUT2D eigenvalue weighted by molar-refractivity contribution is 7.89. The van der Waals surface area contributed by atoms with E-state index in [0.717, 1.165) is 0 Å². The summed E-state index contributed by atoms with van der Waals surface area (Å²) in [6.45, 7) is 4.36. The minimum atomic E-state index is -3.86. The number of hydrogen-bond donors (Lipinski definition) is 2. The Balaban J connectivity index is 1.63. The standard InChI is InChI=1S/C22H24ClN3O6S/c1-14(20(28)26-18-10-5-4-9-17(18)25-21(29)22(26,2)3)32-19(27)11-12-24-33(30,31)16-8-6-7-15(23)13-16/h4-10,13-14,24H,11-12H2,1-3H3,(H,25,29)/t14-/m1/s1. The summed E-state index contributed by atoms with van der Waals surface area (Å²) in [6.07, 6.45) is -1.49. The van der Waals surface area contributed by atoms with Crippen LogP contribution in [0.15, 0.2) is 53.4 Å². The molecule has 0 saturated heterocycles. The van der Waals surface area contributed by atoms with Crippen molar-refractivity contribution < 1.29 is 27.5 Å². The molecule has 2 aromatic rings. The van der Waals surface area contributed by atoms with Crippen molar-refractivity contribution in [1.29, 1.82) is 0 Å². The molecule has 2 N–H and O–H groups in total. The number of fused-ring (bicyclic) bond motifs is 1. The molecule has 0 saturated carbocycles. The summed E-state index contributed by atoms with van der Waals surface area (Å²) in [4.78, 5) is 39.2. The second-order valence-electron chi connectivity index (χ2n) is 7.94. The Labute approximate surface area is 197 Å². The molecule has 0 fully saturated rings. The third-order valence-electron chi connectivity index (χ3n) is 5.11. The topological polar surface area (TPSA) is 122 Å². The molecule has 1 atom stereocenters. The maximum atomic E-state index is 13.2. The van der Waals surface area contributed by atoms with Gasteiger partial charge in [-0.2, -0.15) is 0 Å². The lowest BCUT2D eigenvalue weighted by molar-refractivity contribution is -0.154. The first-order valence-electron chi connectivity index (χ1n) is 10.1. The van der Waals surface area contributed by atoms with Gasteiger partial charge >= 0.3 is 5.97 Å². The molecule has 9 nitrogen and oxygen atoms in total. The summed E-state index contributed by atoms with van der Waals surface area (Å²) in [5.41, 5.74) is -0.244. The van der Waals surface area contributed by atoms with E-state index in [1.165, 1.54) is 30.0 Å². The van der Waals surface area contributed by atoms with Gasteiger partial charge in [-0.3, -0.25) is 19.3 Å². The third-order valence-corrected chi connectivity index (χ3v) is 6.81. The lowest BCUT2D eigenvalue weighted by atomic mass is 9.95. The number of halogens is 1. The summed E-state index contributed by atoms with van der Waals surface area (Å²) < 4.78 is 32.1. The summed E-state index contributed by atoms with van der Waals surface area (Å²) in [6, 6.07) is 12.5. The van der Waals surface area contributed by atoms with Crippen molar-refractivity contribution in [1.82, 2.24) is 4.72 Å². The predicted molar refractivity (Wildman–Crippen MR) is 123 cm³/mol. The maximum absolute atomic E-state index is 13.2. The Morgan fingerprint density at radius 1 is 1.18 bits per heavy atom. The van der Waals surface area contributed by atoms with Gasteiger partial charge in [0.2, 0.25) is 15.9 Å². The lowest BCUT2D eigenvalue weighted by Gasteiger charge is -2.42. The van der Waals surface area contributed by atoms with Crippen LogP contribution in [0.2, 0.25) is 5.02 Å². The number of esters is 1. The van der Waals surface area contributed by atoms with Gasteiger partial charge in [-0.15, -0.1) is 0 Å². The third kappa shape index (κ3) is 5.35. The number of hydrogen-bond acceptors (Lipinski definition) is 6. The first kappa shape index (κ1) is 24.7. The van der Waals surface area contributed by atoms with Crippen molar-refractivity contribution in [2.45, 2.75) is 43.7 Å². The summed E-state index contributed by atoms with van der Waals surface area (Å²) in [5, 5.41) is 3.02. The van der Waals surface area contributed by atoms with Crippen LogP contribution >= 0.6 is 11.6 Å². The van der Waals surface area contributed by atoms with E-state index in [1.807, 2.05) is 0 Å². The summed E-state index contributed by atoms with van der Waals surface area (Å²) in [7, 11) is -3.86. The first-order chi connectivity index (χ1) is 15.4. The fourth-order valence-electron chi connectivity index (χ4n) is 3.34. The van der Waals surface area contributed by atoms with Crippen molar-refractivity contribution in [2.75, 3.05) is 16.8 Å². The highest BCUT2D eigenvalue weighted by atomic mass is 35.5. The van der Waals surface area contributed by atoms with Crippen LogP contribution in [-0.4, -0.2) is 44.4 Å². The fourth-order valence-corrected chi connectivity index (χ4v) is 4.67. The molecule has 1 heterocycles. The molecule has 176 valence electrons.